The number of methoxy groups -OCH3 is 1. The molecule has 0 amide bonds. The van der Waals surface area contributed by atoms with Crippen LogP contribution in [0.3, 0.4) is 0 Å². The van der Waals surface area contributed by atoms with Crippen molar-refractivity contribution < 1.29 is 70.0 Å². The fraction of sp³-hybridized carbons (Fsp3) is 0.633. The first-order valence-corrected chi connectivity index (χ1v) is 23.7. The van der Waals surface area contributed by atoms with Crippen LogP contribution in [-0.2, 0) is 60.4 Å². The minimum Gasteiger partial charge on any atom is -0.432 e. The summed E-state index contributed by atoms with van der Waals surface area (Å²) in [5.74, 6) is -1.04. The van der Waals surface area contributed by atoms with Crippen molar-refractivity contribution in [1.29, 1.82) is 0 Å². The summed E-state index contributed by atoms with van der Waals surface area (Å²) >= 11 is 0.991. The van der Waals surface area contributed by atoms with E-state index in [0.717, 1.165) is 16.8 Å². The minimum atomic E-state index is -4.46. The van der Waals surface area contributed by atoms with Crippen LogP contribution in [0.25, 0.3) is 11.2 Å². The van der Waals surface area contributed by atoms with E-state index in [-0.39, 0.29) is 23.4 Å². The summed E-state index contributed by atoms with van der Waals surface area (Å²) in [6.45, 7) is -3.52. The molecule has 28 heteroatoms. The molecule has 0 spiro atoms. The first-order chi connectivity index (χ1) is 27.6. The van der Waals surface area contributed by atoms with Crippen molar-refractivity contribution in [2.24, 2.45) is 0 Å². The fourth-order valence-electron chi connectivity index (χ4n) is 5.87. The van der Waals surface area contributed by atoms with Crippen LogP contribution in [0, 0.1) is 0 Å². The molecule has 2 unspecified atom stereocenters. The van der Waals surface area contributed by atoms with Gasteiger partial charge in [0.1, 0.15) is 36.3 Å². The van der Waals surface area contributed by atoms with E-state index in [4.69, 9.17) is 57.0 Å². The van der Waals surface area contributed by atoms with Crippen molar-refractivity contribution in [2.75, 3.05) is 37.9 Å². The number of carbonyl (C=O) groups excluding carboxylic acids is 2. The van der Waals surface area contributed by atoms with Crippen LogP contribution >= 0.6 is 36.4 Å². The zero-order valence-corrected chi connectivity index (χ0v) is 34.9. The van der Waals surface area contributed by atoms with E-state index in [0.29, 0.717) is 22.8 Å². The van der Waals surface area contributed by atoms with E-state index in [1.54, 1.807) is 27.7 Å². The first-order valence-electron chi connectivity index (χ1n) is 17.5. The number of hydrogen-bond donors (Lipinski definition) is 2. The Bertz CT molecular complexity index is 2160. The van der Waals surface area contributed by atoms with Gasteiger partial charge >= 0.3 is 31.6 Å². The van der Waals surface area contributed by atoms with Crippen LogP contribution in [0.15, 0.2) is 34.5 Å². The smallest absolute Gasteiger partial charge is 0.432 e. The summed E-state index contributed by atoms with van der Waals surface area (Å²) < 4.78 is 94.8. The number of ether oxygens (including phenoxy) is 7. The zero-order valence-electron chi connectivity index (χ0n) is 31.5. The van der Waals surface area contributed by atoms with Crippen LogP contribution in [0.2, 0.25) is 0 Å². The van der Waals surface area contributed by atoms with Crippen LogP contribution in [0.5, 0.6) is 0 Å². The largest absolute Gasteiger partial charge is 0.509 e. The molecule has 24 nitrogen and oxygen atoms in total. The lowest BCUT2D eigenvalue weighted by atomic mass is 10.1. The highest BCUT2D eigenvalue weighted by Gasteiger charge is 2.53. The molecule has 3 fully saturated rings. The topological polar surface area (TPSA) is 294 Å². The maximum atomic E-state index is 14.8. The van der Waals surface area contributed by atoms with Crippen molar-refractivity contribution in [2.45, 2.75) is 89.3 Å². The number of hydrogen-bond acceptors (Lipinski definition) is 23. The van der Waals surface area contributed by atoms with Gasteiger partial charge in [-0.2, -0.15) is 0 Å². The molecule has 3 aliphatic heterocycles. The Kier molecular flexibility index (Phi) is 14.3. The fourth-order valence-corrected chi connectivity index (χ4v) is 11.5. The first kappa shape index (κ1) is 44.0. The van der Waals surface area contributed by atoms with E-state index in [9.17, 15) is 28.3 Å². The number of anilines is 1. The average molecular weight is 898 g/mol. The highest BCUT2D eigenvalue weighted by molar-refractivity contribution is 8.55. The molecule has 3 N–H and O–H groups in total. The summed E-state index contributed by atoms with van der Waals surface area (Å²) in [4.78, 5) is 63.9. The lowest BCUT2D eigenvalue weighted by Gasteiger charge is -2.29. The van der Waals surface area contributed by atoms with Crippen molar-refractivity contribution in [3.05, 3.63) is 45.8 Å². The molecule has 0 aliphatic carbocycles. The van der Waals surface area contributed by atoms with Crippen molar-refractivity contribution in [3.63, 3.8) is 0 Å². The monoisotopic (exact) mass is 897 g/mol. The summed E-state index contributed by atoms with van der Waals surface area (Å²) in [6, 6.07) is 1.07. The molecular weight excluding hydrogens is 856 g/mol. The number of nitrogens with zero attached hydrogens (tertiary/aromatic N) is 5. The molecule has 6 heterocycles. The quantitative estimate of drug-likeness (QED) is 0.157. The molecule has 0 radical (unpaired) electrons. The molecule has 3 saturated heterocycles. The van der Waals surface area contributed by atoms with Gasteiger partial charge in [0.05, 0.1) is 37.9 Å². The third-order valence-corrected chi connectivity index (χ3v) is 15.0. The Morgan fingerprint density at radius 1 is 0.914 bits per heavy atom. The van der Waals surface area contributed by atoms with Crippen LogP contribution in [0.4, 0.5) is 15.4 Å². The average Bonchev–Trinajstić information content (AvgIpc) is 3.84. The van der Waals surface area contributed by atoms with Gasteiger partial charge in [-0.15, -0.1) is 0 Å². The molecule has 320 valence electrons. The van der Waals surface area contributed by atoms with Gasteiger partial charge in [0.25, 0.3) is 5.56 Å². The van der Waals surface area contributed by atoms with Gasteiger partial charge in [-0.05, 0) is 27.7 Å². The second-order valence-corrected chi connectivity index (χ2v) is 21.0. The molecule has 0 aromatic carbocycles. The molecule has 3 aromatic rings. The van der Waals surface area contributed by atoms with Crippen molar-refractivity contribution >= 4 is 65.7 Å². The highest BCUT2D eigenvalue weighted by atomic mass is 32.7. The van der Waals surface area contributed by atoms with Gasteiger partial charge < -0.3 is 38.9 Å². The third kappa shape index (κ3) is 10.6. The third-order valence-electron chi connectivity index (χ3n) is 8.26. The van der Waals surface area contributed by atoms with Gasteiger partial charge in [-0.1, -0.05) is 0 Å². The highest BCUT2D eigenvalue weighted by Crippen LogP contribution is 2.66. The number of aromatic nitrogens is 6. The number of fused-ring (bicyclic) bond motifs is 4. The lowest BCUT2D eigenvalue weighted by molar-refractivity contribution is -0.0632. The van der Waals surface area contributed by atoms with E-state index in [1.165, 1.54) is 24.3 Å². The van der Waals surface area contributed by atoms with Gasteiger partial charge in [0.15, 0.2) is 35.8 Å². The number of nitrogens with one attached hydrogen (secondary N) is 1. The zero-order chi connectivity index (χ0) is 41.8. The Labute approximate surface area is 336 Å². The van der Waals surface area contributed by atoms with E-state index in [2.05, 4.69) is 19.9 Å². The number of imidazole rings is 1. The van der Waals surface area contributed by atoms with Gasteiger partial charge in [0, 0.05) is 48.6 Å². The van der Waals surface area contributed by atoms with Gasteiger partial charge in [-0.25, -0.2) is 38.5 Å². The van der Waals surface area contributed by atoms with E-state index < -0.39 is 117 Å². The Morgan fingerprint density at radius 3 is 2.21 bits per heavy atom. The maximum absolute atomic E-state index is 14.8. The standard InChI is InChI=1S/C30H41N7O17P2S2/c1-15(2)49-29(40)45-13-57-55(42)48-10-19-22(23(44-5)27(52-19)36-7-6-20(38)35-28(36)39)54-56(43,58-14-46-30(41)50-16(3)4)47-9-17-8-18(53-55)26(51-17)37-12-34-21-24(31)32-11-33-25(21)37/h6-7,11-12,15-19,22-23,26-27H,8-10,13-14H2,1-5H3,(H2,31,32,33)(H,35,38,39)/t17-,18+,19+,22+,23+,26+,27+,55?,56?/m0/s1. The Balaban J connectivity index is 1.36. The predicted octanol–water partition coefficient (Wildman–Crippen LogP) is 3.70. The number of H-pyrrole nitrogens is 1. The molecular formula is C30H41N7O17P2S2. The molecule has 6 rings (SSSR count). The number of nitrogens with two attached hydrogens (primary N) is 1. The molecule has 3 aromatic heterocycles. The maximum Gasteiger partial charge on any atom is 0.509 e. The van der Waals surface area contributed by atoms with Crippen LogP contribution in [0.1, 0.15) is 46.6 Å². The Morgan fingerprint density at radius 2 is 1.57 bits per heavy atom. The molecule has 2 bridgehead atoms. The Hall–Kier alpha value is -3.55. The summed E-state index contributed by atoms with van der Waals surface area (Å²) in [5, 5.41) is 0. The van der Waals surface area contributed by atoms with Crippen molar-refractivity contribution in [3.8, 4) is 0 Å². The lowest BCUT2D eigenvalue weighted by Crippen LogP contribution is -2.40. The summed E-state index contributed by atoms with van der Waals surface area (Å²) in [5.41, 5.74) is 4.93. The van der Waals surface area contributed by atoms with Crippen molar-refractivity contribution in [1.82, 2.24) is 29.1 Å². The normalized spacial score (nSPS) is 30.3. The SMILES string of the molecule is CO[C@@H]1[C@@H]2OP(=O)(SCOC(=O)OC(C)C)OC[C@@H]3C[C@@H](OP(=O)(SCOC(=O)OC(C)C)OC[C@H]2O[C@H]1n1ccc(=O)[nH]c1=O)[C@H](n1cnc2c(N)ncnc21)O3. The van der Waals surface area contributed by atoms with Gasteiger partial charge in [0.2, 0.25) is 0 Å². The van der Waals surface area contributed by atoms with E-state index >= 15 is 0 Å². The predicted molar refractivity (Wildman–Crippen MR) is 201 cm³/mol. The van der Waals surface area contributed by atoms with Crippen LogP contribution < -0.4 is 17.0 Å². The van der Waals surface area contributed by atoms with E-state index in [1.807, 2.05) is 0 Å². The second kappa shape index (κ2) is 18.8. The molecule has 9 atom stereocenters. The summed E-state index contributed by atoms with van der Waals surface area (Å²) in [7, 11) is 1.26. The number of rotatable bonds is 11. The van der Waals surface area contributed by atoms with Crippen LogP contribution in [-0.4, -0.2) is 116 Å². The molecule has 0 saturated carbocycles. The summed E-state index contributed by atoms with van der Waals surface area (Å²) in [6.07, 6.45) is -7.94. The number of nitrogen functional groups attached to an aromatic ring is 1. The molecule has 58 heavy (non-hydrogen) atoms. The number of carbonyl (C=O) groups is 2. The second-order valence-electron chi connectivity index (χ2n) is 13.1. The van der Waals surface area contributed by atoms with Gasteiger partial charge in [-0.3, -0.25) is 37.0 Å². The molecule has 3 aliphatic rings. The minimum absolute atomic E-state index is 0.0435. The number of aromatic amines is 1.